The molecule has 11 heteroatoms. The van der Waals surface area contributed by atoms with Crippen LogP contribution in [0.15, 0.2) is 33.6 Å². The van der Waals surface area contributed by atoms with Crippen molar-refractivity contribution in [3.63, 3.8) is 0 Å². The van der Waals surface area contributed by atoms with Crippen molar-refractivity contribution in [2.45, 2.75) is 63.2 Å². The second kappa shape index (κ2) is 10.9. The van der Waals surface area contributed by atoms with Gasteiger partial charge in [-0.2, -0.15) is 8.42 Å². The topological polar surface area (TPSA) is 97.8 Å². The Hall–Kier alpha value is -2.99. The third kappa shape index (κ3) is 4.58. The Labute approximate surface area is 261 Å². The van der Waals surface area contributed by atoms with E-state index in [4.69, 9.17) is 18.4 Å². The molecule has 3 aromatic carbocycles. The summed E-state index contributed by atoms with van der Waals surface area (Å²) in [5.74, 6) is 1.92. The highest BCUT2D eigenvalue weighted by Crippen LogP contribution is 2.55. The van der Waals surface area contributed by atoms with Crippen molar-refractivity contribution in [2.75, 3.05) is 34.9 Å². The number of halogens is 1. The van der Waals surface area contributed by atoms with Gasteiger partial charge in [0.25, 0.3) is 0 Å². The van der Waals surface area contributed by atoms with Crippen molar-refractivity contribution in [2.24, 2.45) is 0 Å². The van der Waals surface area contributed by atoms with Crippen LogP contribution in [-0.2, 0) is 29.5 Å². The second-order valence-electron chi connectivity index (χ2n) is 11.7. The van der Waals surface area contributed by atoms with Crippen LogP contribution in [0.2, 0.25) is 0 Å². The van der Waals surface area contributed by atoms with E-state index in [9.17, 15) is 13.5 Å². The molecule has 1 fully saturated rings. The molecule has 3 heterocycles. The Morgan fingerprint density at radius 2 is 1.51 bits per heavy atom. The van der Waals surface area contributed by atoms with E-state index in [1.807, 2.05) is 13.8 Å². The maximum absolute atomic E-state index is 13.6. The van der Waals surface area contributed by atoms with Gasteiger partial charge in [0, 0.05) is 57.5 Å². The van der Waals surface area contributed by atoms with Crippen molar-refractivity contribution < 1.29 is 31.9 Å². The van der Waals surface area contributed by atoms with Gasteiger partial charge in [0.1, 0.15) is 4.90 Å². The Bertz CT molecular complexity index is 1730. The van der Waals surface area contributed by atoms with Gasteiger partial charge < -0.3 is 23.5 Å². The minimum atomic E-state index is -4.15. The van der Waals surface area contributed by atoms with Crippen molar-refractivity contribution in [3.8, 4) is 28.7 Å². The summed E-state index contributed by atoms with van der Waals surface area (Å²) in [4.78, 5) is 4.83. The lowest BCUT2D eigenvalue weighted by Crippen LogP contribution is -2.62. The molecule has 230 valence electrons. The van der Waals surface area contributed by atoms with E-state index in [-0.39, 0.29) is 34.5 Å². The molecule has 0 aromatic heterocycles. The minimum Gasteiger partial charge on any atom is -0.504 e. The van der Waals surface area contributed by atoms with Gasteiger partial charge in [0.2, 0.25) is 0 Å². The molecule has 6 rings (SSSR count). The fraction of sp³-hybridized carbons (Fsp3) is 0.438. The molecule has 3 aliphatic heterocycles. The van der Waals surface area contributed by atoms with E-state index in [1.165, 1.54) is 0 Å². The molecular weight excluding hydrogens is 636 g/mol. The van der Waals surface area contributed by atoms with Crippen LogP contribution in [-0.4, -0.2) is 70.3 Å². The quantitative estimate of drug-likeness (QED) is 0.354. The number of fused-ring (bicyclic) bond motifs is 7. The molecular formula is C32H37BrN2O7S. The summed E-state index contributed by atoms with van der Waals surface area (Å²) in [6.45, 7) is 6.96. The van der Waals surface area contributed by atoms with Crippen LogP contribution >= 0.6 is 15.9 Å². The number of benzene rings is 3. The number of rotatable bonds is 6. The summed E-state index contributed by atoms with van der Waals surface area (Å²) in [5.41, 5.74) is 5.93. The number of aromatic hydroxyl groups is 1. The smallest absolute Gasteiger partial charge is 0.339 e. The summed E-state index contributed by atoms with van der Waals surface area (Å²) in [6, 6.07) is 6.58. The van der Waals surface area contributed by atoms with Crippen LogP contribution in [0, 0.1) is 20.8 Å². The van der Waals surface area contributed by atoms with E-state index < -0.39 is 10.1 Å². The number of hydrogen-bond acceptors (Lipinski definition) is 9. The Morgan fingerprint density at radius 3 is 2.14 bits per heavy atom. The number of nitrogens with zero attached hydrogens (tertiary/aromatic N) is 2. The lowest BCUT2D eigenvalue weighted by Gasteiger charge is -2.56. The van der Waals surface area contributed by atoms with E-state index in [0.717, 1.165) is 50.8 Å². The lowest BCUT2D eigenvalue weighted by atomic mass is 9.75. The summed E-state index contributed by atoms with van der Waals surface area (Å²) in [6.07, 6.45) is 1.25. The number of hydrogen-bond donors (Lipinski definition) is 1. The first-order valence-electron chi connectivity index (χ1n) is 14.2. The van der Waals surface area contributed by atoms with Crippen LogP contribution in [0.3, 0.4) is 0 Å². The number of ether oxygens (including phenoxy) is 3. The van der Waals surface area contributed by atoms with Crippen molar-refractivity contribution >= 4 is 26.0 Å². The fourth-order valence-electron chi connectivity index (χ4n) is 7.29. The van der Waals surface area contributed by atoms with E-state index >= 15 is 0 Å². The number of phenolic OH excluding ortho intramolecular Hbond substituents is 1. The second-order valence-corrected chi connectivity index (χ2v) is 14.0. The number of piperazine rings is 1. The van der Waals surface area contributed by atoms with Gasteiger partial charge in [0.05, 0.1) is 27.4 Å². The average Bonchev–Trinajstić information content (AvgIpc) is 2.97. The first-order chi connectivity index (χ1) is 20.4. The standard InChI is InChI=1S/C32H37BrN2O7S/c1-16-8-10-20(11-9-16)43(37,38)42-29-18(3)31(40-6)32(41-7)23-15-35-14-19-12-22-25(27(34(19)4)24(35)13-21(23)29)28(36)30(39-5)17(2)26(22)33/h8-11,19,24,27,36H,12-15H2,1-7H3/t19-,24-,27-/m0/s1. The molecule has 0 unspecified atom stereocenters. The Kier molecular flexibility index (Phi) is 7.60. The van der Waals surface area contributed by atoms with E-state index in [0.29, 0.717) is 35.8 Å². The molecule has 3 aliphatic rings. The first-order valence-corrected chi connectivity index (χ1v) is 16.4. The summed E-state index contributed by atoms with van der Waals surface area (Å²) < 4.78 is 51.5. The average molecular weight is 674 g/mol. The summed E-state index contributed by atoms with van der Waals surface area (Å²) in [5, 5.41) is 11.6. The molecule has 0 radical (unpaired) electrons. The highest BCUT2D eigenvalue weighted by atomic mass is 79.9. The molecule has 0 spiro atoms. The van der Waals surface area contributed by atoms with Gasteiger partial charge in [-0.3, -0.25) is 9.80 Å². The minimum absolute atomic E-state index is 0.0807. The van der Waals surface area contributed by atoms with Crippen LogP contribution in [0.4, 0.5) is 0 Å². The normalized spacial score (nSPS) is 21.4. The molecule has 9 nitrogen and oxygen atoms in total. The maximum atomic E-state index is 13.6. The zero-order valence-corrected chi connectivity index (χ0v) is 27.8. The molecule has 0 aliphatic carbocycles. The number of methoxy groups -OCH3 is 3. The Morgan fingerprint density at radius 1 is 0.860 bits per heavy atom. The van der Waals surface area contributed by atoms with Crippen LogP contribution < -0.4 is 18.4 Å². The van der Waals surface area contributed by atoms with Gasteiger partial charge in [-0.15, -0.1) is 0 Å². The van der Waals surface area contributed by atoms with Crippen molar-refractivity contribution in [3.05, 3.63) is 67.7 Å². The van der Waals surface area contributed by atoms with Crippen LogP contribution in [0.5, 0.6) is 28.7 Å². The molecule has 0 amide bonds. The van der Waals surface area contributed by atoms with Crippen molar-refractivity contribution in [1.82, 2.24) is 9.80 Å². The van der Waals surface area contributed by atoms with E-state index in [1.54, 1.807) is 52.5 Å². The maximum Gasteiger partial charge on any atom is 0.339 e. The zero-order chi connectivity index (χ0) is 31.0. The number of likely N-dealkylation sites (N-methyl/N-ethyl adjacent to an activating group) is 1. The van der Waals surface area contributed by atoms with E-state index in [2.05, 4.69) is 32.8 Å². The molecule has 0 saturated carbocycles. The first kappa shape index (κ1) is 30.1. The van der Waals surface area contributed by atoms with Gasteiger partial charge in [-0.25, -0.2) is 0 Å². The third-order valence-electron chi connectivity index (χ3n) is 9.45. The monoisotopic (exact) mass is 672 g/mol. The summed E-state index contributed by atoms with van der Waals surface area (Å²) >= 11 is 3.81. The molecule has 2 bridgehead atoms. The summed E-state index contributed by atoms with van der Waals surface area (Å²) in [7, 11) is 2.68. The number of aryl methyl sites for hydroxylation is 1. The molecule has 43 heavy (non-hydrogen) atoms. The largest absolute Gasteiger partial charge is 0.504 e. The predicted molar refractivity (Wildman–Crippen MR) is 166 cm³/mol. The van der Waals surface area contributed by atoms with Crippen LogP contribution in [0.25, 0.3) is 0 Å². The van der Waals surface area contributed by atoms with Crippen molar-refractivity contribution in [1.29, 1.82) is 0 Å². The predicted octanol–water partition coefficient (Wildman–Crippen LogP) is 5.21. The fourth-order valence-corrected chi connectivity index (χ4v) is 8.86. The van der Waals surface area contributed by atoms with Crippen LogP contribution in [0.1, 0.15) is 45.0 Å². The third-order valence-corrected chi connectivity index (χ3v) is 11.8. The van der Waals surface area contributed by atoms with Gasteiger partial charge >= 0.3 is 10.1 Å². The van der Waals surface area contributed by atoms with Gasteiger partial charge in [0.15, 0.2) is 28.7 Å². The molecule has 1 N–H and O–H groups in total. The Balaban J connectivity index is 1.52. The highest BCUT2D eigenvalue weighted by molar-refractivity contribution is 9.10. The molecule has 1 saturated heterocycles. The zero-order valence-electron chi connectivity index (χ0n) is 25.4. The van der Waals surface area contributed by atoms with Gasteiger partial charge in [-0.1, -0.05) is 33.6 Å². The van der Waals surface area contributed by atoms with Gasteiger partial charge in [-0.05, 0) is 58.4 Å². The SMILES string of the molecule is COc1c(C)c(Br)c2c(c1O)[C@@H]1[C@@H]3Cc4c(c(OC)c(OC)c(C)c4OS(=O)(=O)c4ccc(C)cc4)CN3C[C@H](C2)N1C. The lowest BCUT2D eigenvalue weighted by molar-refractivity contribution is -0.0288. The number of phenols is 1. The highest BCUT2D eigenvalue weighted by Gasteiger charge is 2.50. The molecule has 3 aromatic rings. The molecule has 3 atom stereocenters.